The zero-order chi connectivity index (χ0) is 12.0. The Balaban J connectivity index is 2.24. The van der Waals surface area contributed by atoms with Crippen molar-refractivity contribution in [3.8, 4) is 0 Å². The van der Waals surface area contributed by atoms with E-state index in [9.17, 15) is 4.79 Å². The summed E-state index contributed by atoms with van der Waals surface area (Å²) in [4.78, 5) is 10.9. The van der Waals surface area contributed by atoms with Crippen molar-refractivity contribution < 1.29 is 4.79 Å². The lowest BCUT2D eigenvalue weighted by atomic mass is 10.3. The van der Waals surface area contributed by atoms with Gasteiger partial charge < -0.3 is 10.6 Å². The molecule has 0 spiro atoms. The second-order valence-electron chi connectivity index (χ2n) is 4.02. The van der Waals surface area contributed by atoms with Crippen LogP contribution in [0.15, 0.2) is 12.4 Å². The van der Waals surface area contributed by atoms with Gasteiger partial charge >= 0.3 is 0 Å². The Hall–Kier alpha value is -1.36. The van der Waals surface area contributed by atoms with Crippen molar-refractivity contribution in [2.75, 3.05) is 13.6 Å². The fourth-order valence-corrected chi connectivity index (χ4v) is 1.31. The number of carbonyl (C=O) groups is 1. The Morgan fingerprint density at radius 1 is 1.56 bits per heavy atom. The van der Waals surface area contributed by atoms with Gasteiger partial charge in [-0.25, -0.2) is 0 Å². The molecule has 0 bridgehead atoms. The van der Waals surface area contributed by atoms with Crippen molar-refractivity contribution in [1.29, 1.82) is 0 Å². The molecule has 1 aromatic heterocycles. The molecule has 5 nitrogen and oxygen atoms in total. The summed E-state index contributed by atoms with van der Waals surface area (Å²) in [6.45, 7) is 5.63. The summed E-state index contributed by atoms with van der Waals surface area (Å²) >= 11 is 0. The molecule has 2 N–H and O–H groups in total. The Bertz CT molecular complexity index is 332. The van der Waals surface area contributed by atoms with Gasteiger partial charge in [0, 0.05) is 44.4 Å². The fraction of sp³-hybridized carbons (Fsp3) is 0.636. The van der Waals surface area contributed by atoms with Crippen molar-refractivity contribution in [2.24, 2.45) is 0 Å². The molecule has 0 aliphatic heterocycles. The molecular weight excluding hydrogens is 204 g/mol. The summed E-state index contributed by atoms with van der Waals surface area (Å²) < 4.78 is 1.93. The number of hydrogen-bond donors (Lipinski definition) is 2. The lowest BCUT2D eigenvalue weighted by Crippen LogP contribution is -2.24. The van der Waals surface area contributed by atoms with E-state index in [-0.39, 0.29) is 5.91 Å². The minimum atomic E-state index is 0.0605. The second-order valence-corrected chi connectivity index (χ2v) is 4.02. The van der Waals surface area contributed by atoms with Crippen molar-refractivity contribution >= 4 is 5.91 Å². The van der Waals surface area contributed by atoms with Crippen LogP contribution in [0.2, 0.25) is 0 Å². The molecule has 0 fully saturated rings. The lowest BCUT2D eigenvalue weighted by Gasteiger charge is -2.04. The van der Waals surface area contributed by atoms with E-state index < -0.39 is 0 Å². The first kappa shape index (κ1) is 12.7. The van der Waals surface area contributed by atoms with Crippen molar-refractivity contribution in [2.45, 2.75) is 32.9 Å². The van der Waals surface area contributed by atoms with E-state index in [4.69, 9.17) is 0 Å². The van der Waals surface area contributed by atoms with Crippen LogP contribution in [0.5, 0.6) is 0 Å². The van der Waals surface area contributed by atoms with Gasteiger partial charge in [0.15, 0.2) is 0 Å². The fourth-order valence-electron chi connectivity index (χ4n) is 1.31. The van der Waals surface area contributed by atoms with E-state index in [1.807, 2.05) is 17.1 Å². The van der Waals surface area contributed by atoms with Crippen molar-refractivity contribution in [3.05, 3.63) is 18.0 Å². The molecule has 0 saturated carbocycles. The van der Waals surface area contributed by atoms with Crippen LogP contribution in [0.4, 0.5) is 0 Å². The summed E-state index contributed by atoms with van der Waals surface area (Å²) in [7, 11) is 1.65. The minimum Gasteiger partial charge on any atom is -0.359 e. The molecule has 0 unspecified atom stereocenters. The molecule has 16 heavy (non-hydrogen) atoms. The molecular formula is C11H20N4O. The minimum absolute atomic E-state index is 0.0605. The Morgan fingerprint density at radius 3 is 2.88 bits per heavy atom. The third kappa shape index (κ3) is 4.02. The first-order chi connectivity index (χ1) is 7.63. The standard InChI is InChI=1S/C11H20N4O/c1-9(2)15-8-10(7-14-15)6-13-5-4-11(16)12-3/h7-9,13H,4-6H2,1-3H3,(H,12,16). The maximum atomic E-state index is 10.9. The van der Waals surface area contributed by atoms with Crippen LogP contribution >= 0.6 is 0 Å². The van der Waals surface area contributed by atoms with Gasteiger partial charge in [0.1, 0.15) is 0 Å². The Labute approximate surface area is 96.2 Å². The quantitative estimate of drug-likeness (QED) is 0.699. The first-order valence-electron chi connectivity index (χ1n) is 5.57. The summed E-state index contributed by atoms with van der Waals surface area (Å²) in [5.74, 6) is 0.0605. The van der Waals surface area contributed by atoms with Crippen LogP contribution in [0, 0.1) is 0 Å². The molecule has 0 atom stereocenters. The predicted octanol–water partition coefficient (Wildman–Crippen LogP) is 0.690. The molecule has 0 aliphatic rings. The Morgan fingerprint density at radius 2 is 2.31 bits per heavy atom. The van der Waals surface area contributed by atoms with Gasteiger partial charge in [0.2, 0.25) is 5.91 Å². The highest BCUT2D eigenvalue weighted by atomic mass is 16.1. The maximum Gasteiger partial charge on any atom is 0.221 e. The maximum absolute atomic E-state index is 10.9. The summed E-state index contributed by atoms with van der Waals surface area (Å²) in [6, 6.07) is 0.389. The lowest BCUT2D eigenvalue weighted by molar-refractivity contribution is -0.120. The monoisotopic (exact) mass is 224 g/mol. The Kier molecular flexibility index (Phi) is 4.98. The zero-order valence-corrected chi connectivity index (χ0v) is 10.2. The smallest absolute Gasteiger partial charge is 0.221 e. The average Bonchev–Trinajstić information content (AvgIpc) is 2.72. The number of nitrogens with one attached hydrogen (secondary N) is 2. The normalized spacial score (nSPS) is 10.8. The molecule has 0 saturated heterocycles. The van der Waals surface area contributed by atoms with Crippen LogP contribution < -0.4 is 10.6 Å². The number of rotatable bonds is 6. The molecule has 0 aliphatic carbocycles. The third-order valence-electron chi connectivity index (χ3n) is 2.32. The number of hydrogen-bond acceptors (Lipinski definition) is 3. The number of nitrogens with zero attached hydrogens (tertiary/aromatic N) is 2. The van der Waals surface area contributed by atoms with Gasteiger partial charge in [-0.2, -0.15) is 5.10 Å². The van der Waals surface area contributed by atoms with E-state index in [0.29, 0.717) is 19.0 Å². The van der Waals surface area contributed by atoms with Gasteiger partial charge in [-0.15, -0.1) is 0 Å². The molecule has 1 heterocycles. The van der Waals surface area contributed by atoms with Gasteiger partial charge in [0.05, 0.1) is 6.20 Å². The molecule has 0 radical (unpaired) electrons. The summed E-state index contributed by atoms with van der Waals surface area (Å²) in [5.41, 5.74) is 1.14. The van der Waals surface area contributed by atoms with Crippen molar-refractivity contribution in [3.63, 3.8) is 0 Å². The van der Waals surface area contributed by atoms with Gasteiger partial charge in [-0.05, 0) is 13.8 Å². The average molecular weight is 224 g/mol. The molecule has 0 aromatic carbocycles. The van der Waals surface area contributed by atoms with Crippen molar-refractivity contribution in [1.82, 2.24) is 20.4 Å². The largest absolute Gasteiger partial charge is 0.359 e. The number of amides is 1. The third-order valence-corrected chi connectivity index (χ3v) is 2.32. The highest BCUT2D eigenvalue weighted by Crippen LogP contribution is 2.04. The highest BCUT2D eigenvalue weighted by Gasteiger charge is 2.01. The molecule has 1 rings (SSSR count). The van der Waals surface area contributed by atoms with E-state index in [1.54, 1.807) is 7.05 Å². The predicted molar refractivity (Wildman–Crippen MR) is 63.0 cm³/mol. The topological polar surface area (TPSA) is 59.0 Å². The number of carbonyl (C=O) groups excluding carboxylic acids is 1. The number of aromatic nitrogens is 2. The van der Waals surface area contributed by atoms with E-state index in [1.165, 1.54) is 0 Å². The molecule has 1 aromatic rings. The second kappa shape index (κ2) is 6.27. The first-order valence-corrected chi connectivity index (χ1v) is 5.57. The summed E-state index contributed by atoms with van der Waals surface area (Å²) in [5, 5.41) is 10.0. The van der Waals surface area contributed by atoms with Crippen LogP contribution in [0.3, 0.4) is 0 Å². The van der Waals surface area contributed by atoms with E-state index in [2.05, 4.69) is 29.6 Å². The van der Waals surface area contributed by atoms with E-state index in [0.717, 1.165) is 12.1 Å². The zero-order valence-electron chi connectivity index (χ0n) is 10.2. The van der Waals surface area contributed by atoms with Crippen LogP contribution in [0.1, 0.15) is 31.9 Å². The summed E-state index contributed by atoms with van der Waals surface area (Å²) in [6.07, 6.45) is 4.39. The SMILES string of the molecule is CNC(=O)CCNCc1cnn(C(C)C)c1. The van der Waals surface area contributed by atoms with Gasteiger partial charge in [0.25, 0.3) is 0 Å². The molecule has 5 heteroatoms. The van der Waals surface area contributed by atoms with Gasteiger partial charge in [-0.1, -0.05) is 0 Å². The highest BCUT2D eigenvalue weighted by molar-refractivity contribution is 5.75. The molecule has 90 valence electrons. The van der Waals surface area contributed by atoms with Crippen LogP contribution in [0.25, 0.3) is 0 Å². The van der Waals surface area contributed by atoms with E-state index >= 15 is 0 Å². The molecule has 1 amide bonds. The van der Waals surface area contributed by atoms with Crippen LogP contribution in [-0.4, -0.2) is 29.3 Å². The van der Waals surface area contributed by atoms with Gasteiger partial charge in [-0.3, -0.25) is 9.48 Å². The van der Waals surface area contributed by atoms with Crippen LogP contribution in [-0.2, 0) is 11.3 Å².